The molecule has 4 rings (SSSR count). The van der Waals surface area contributed by atoms with Crippen LogP contribution in [-0.2, 0) is 5.54 Å². The molecule has 1 aromatic heterocycles. The second-order valence-corrected chi connectivity index (χ2v) is 7.02. The van der Waals surface area contributed by atoms with E-state index in [1.54, 1.807) is 30.1 Å². The largest absolute Gasteiger partial charge is 0.313 e. The summed E-state index contributed by atoms with van der Waals surface area (Å²) in [6, 6.07) is 15.2. The fourth-order valence-corrected chi connectivity index (χ4v) is 4.41. The van der Waals surface area contributed by atoms with E-state index >= 15 is 0 Å². The van der Waals surface area contributed by atoms with E-state index in [4.69, 9.17) is 4.99 Å². The highest BCUT2D eigenvalue weighted by atomic mass is 32.2. The zero-order valence-corrected chi connectivity index (χ0v) is 13.9. The van der Waals surface area contributed by atoms with Crippen LogP contribution in [0, 0.1) is 5.92 Å². The van der Waals surface area contributed by atoms with Crippen molar-refractivity contribution in [1.29, 1.82) is 0 Å². The molecule has 0 spiro atoms. The Morgan fingerprint density at radius 2 is 2.04 bits per heavy atom. The van der Waals surface area contributed by atoms with Gasteiger partial charge in [0.05, 0.1) is 5.69 Å². The Hall–Kier alpha value is -2.18. The lowest BCUT2D eigenvalue weighted by atomic mass is 9.85. The number of carbonyl (C=O) groups is 1. The maximum atomic E-state index is 12.4. The predicted molar refractivity (Wildman–Crippen MR) is 96.1 cm³/mol. The highest BCUT2D eigenvalue weighted by Crippen LogP contribution is 2.41. The van der Waals surface area contributed by atoms with Crippen molar-refractivity contribution in [2.75, 3.05) is 18.8 Å². The molecular weight excluding hydrogens is 320 g/mol. The highest BCUT2D eigenvalue weighted by molar-refractivity contribution is 8.13. The van der Waals surface area contributed by atoms with Crippen LogP contribution in [0.2, 0.25) is 0 Å². The summed E-state index contributed by atoms with van der Waals surface area (Å²) >= 11 is 1.61. The van der Waals surface area contributed by atoms with Crippen LogP contribution in [0.3, 0.4) is 0 Å². The third-order valence-electron chi connectivity index (χ3n) is 4.55. The van der Waals surface area contributed by atoms with Gasteiger partial charge in [-0.3, -0.25) is 9.78 Å². The van der Waals surface area contributed by atoms with Gasteiger partial charge in [-0.1, -0.05) is 36.0 Å². The van der Waals surface area contributed by atoms with Crippen molar-refractivity contribution in [3.8, 4) is 0 Å². The average Bonchev–Trinajstić information content (AvgIpc) is 3.07. The summed E-state index contributed by atoms with van der Waals surface area (Å²) in [5, 5.41) is 7.07. The topological polar surface area (TPSA) is 66.4 Å². The lowest BCUT2D eigenvalue weighted by molar-refractivity contribution is 0.0977. The molecule has 2 aromatic rings. The van der Waals surface area contributed by atoms with Gasteiger partial charge >= 0.3 is 0 Å². The molecule has 2 atom stereocenters. The van der Waals surface area contributed by atoms with Crippen LogP contribution in [0.4, 0.5) is 0 Å². The van der Waals surface area contributed by atoms with E-state index in [-0.39, 0.29) is 11.4 Å². The number of rotatable bonds is 2. The van der Waals surface area contributed by atoms with Gasteiger partial charge in [0.25, 0.3) is 5.91 Å². The summed E-state index contributed by atoms with van der Waals surface area (Å²) in [6.45, 7) is 1.67. The van der Waals surface area contributed by atoms with Crippen LogP contribution in [0.25, 0.3) is 0 Å². The maximum Gasteiger partial charge on any atom is 0.257 e. The fraction of sp³-hybridized carbons (Fsp3) is 0.278. The average molecular weight is 338 g/mol. The van der Waals surface area contributed by atoms with E-state index in [0.717, 1.165) is 24.5 Å². The van der Waals surface area contributed by atoms with Crippen LogP contribution in [0.15, 0.2) is 59.7 Å². The second-order valence-electron chi connectivity index (χ2n) is 6.02. The van der Waals surface area contributed by atoms with Gasteiger partial charge in [-0.05, 0) is 24.3 Å². The SMILES string of the molecule is O=C(NC1=N[C@@]2(c3ccccn3)CNC[C@H]2CS1)c1ccccc1. The van der Waals surface area contributed by atoms with Crippen molar-refractivity contribution in [2.24, 2.45) is 10.9 Å². The third-order valence-corrected chi connectivity index (χ3v) is 5.58. The van der Waals surface area contributed by atoms with E-state index in [9.17, 15) is 4.79 Å². The number of amides is 1. The van der Waals surface area contributed by atoms with Gasteiger partial charge < -0.3 is 10.6 Å². The smallest absolute Gasteiger partial charge is 0.257 e. The molecule has 0 unspecified atom stereocenters. The number of carbonyl (C=O) groups excluding carboxylic acids is 1. The van der Waals surface area contributed by atoms with Crippen molar-refractivity contribution >= 4 is 22.8 Å². The Bertz CT molecular complexity index is 765. The minimum absolute atomic E-state index is 0.123. The number of hydrogen-bond acceptors (Lipinski definition) is 5. The lowest BCUT2D eigenvalue weighted by Gasteiger charge is -2.34. The highest BCUT2D eigenvalue weighted by Gasteiger charge is 2.48. The Morgan fingerprint density at radius 1 is 1.21 bits per heavy atom. The van der Waals surface area contributed by atoms with Crippen molar-refractivity contribution in [2.45, 2.75) is 5.54 Å². The number of amidine groups is 1. The first-order valence-electron chi connectivity index (χ1n) is 7.99. The van der Waals surface area contributed by atoms with Gasteiger partial charge in [0, 0.05) is 36.5 Å². The second kappa shape index (κ2) is 6.37. The van der Waals surface area contributed by atoms with Crippen molar-refractivity contribution < 1.29 is 4.79 Å². The van der Waals surface area contributed by atoms with E-state index in [1.807, 2.05) is 36.4 Å². The number of nitrogens with one attached hydrogen (secondary N) is 2. The van der Waals surface area contributed by atoms with Gasteiger partial charge in [0.15, 0.2) is 5.17 Å². The number of thioether (sulfide) groups is 1. The Balaban J connectivity index is 1.64. The monoisotopic (exact) mass is 338 g/mol. The Morgan fingerprint density at radius 3 is 2.83 bits per heavy atom. The number of fused-ring (bicyclic) bond motifs is 1. The number of nitrogens with zero attached hydrogens (tertiary/aromatic N) is 2. The minimum Gasteiger partial charge on any atom is -0.313 e. The van der Waals surface area contributed by atoms with Crippen molar-refractivity contribution in [3.63, 3.8) is 0 Å². The van der Waals surface area contributed by atoms with Gasteiger partial charge in [0.2, 0.25) is 0 Å². The van der Waals surface area contributed by atoms with Crippen LogP contribution in [0.1, 0.15) is 16.1 Å². The molecule has 6 heteroatoms. The molecule has 1 amide bonds. The molecule has 2 N–H and O–H groups in total. The molecule has 0 aliphatic carbocycles. The molecule has 0 bridgehead atoms. The molecule has 1 fully saturated rings. The van der Waals surface area contributed by atoms with Crippen LogP contribution in [-0.4, -0.2) is 34.9 Å². The molecule has 24 heavy (non-hydrogen) atoms. The number of aliphatic imine (C=N–C) groups is 1. The zero-order valence-electron chi connectivity index (χ0n) is 13.1. The molecular formula is C18H18N4OS. The summed E-state index contributed by atoms with van der Waals surface area (Å²) in [4.78, 5) is 21.9. The standard InChI is InChI=1S/C18H18N4OS/c23-16(13-6-2-1-3-7-13)21-17-22-18(15-8-4-5-9-20-15)12-19-10-14(18)11-24-17/h1-9,14,19H,10-12H2,(H,21,22,23)/t14-,18-/m0/s1. The van der Waals surface area contributed by atoms with Crippen LogP contribution in [0.5, 0.6) is 0 Å². The first-order chi connectivity index (χ1) is 11.8. The summed E-state index contributed by atoms with van der Waals surface area (Å²) in [5.74, 6) is 1.18. The third kappa shape index (κ3) is 2.72. The molecule has 122 valence electrons. The minimum atomic E-state index is -0.383. The Labute approximate surface area is 145 Å². The van der Waals surface area contributed by atoms with Gasteiger partial charge in [-0.15, -0.1) is 0 Å². The van der Waals surface area contributed by atoms with Crippen molar-refractivity contribution in [3.05, 3.63) is 66.0 Å². The number of hydrogen-bond donors (Lipinski definition) is 2. The molecule has 1 aromatic carbocycles. The quantitative estimate of drug-likeness (QED) is 0.879. The number of aromatic nitrogens is 1. The normalized spacial score (nSPS) is 25.7. The van der Waals surface area contributed by atoms with E-state index in [2.05, 4.69) is 15.6 Å². The first-order valence-corrected chi connectivity index (χ1v) is 8.98. The molecule has 1 saturated heterocycles. The van der Waals surface area contributed by atoms with Crippen LogP contribution >= 0.6 is 11.8 Å². The van der Waals surface area contributed by atoms with Gasteiger partial charge in [-0.25, -0.2) is 4.99 Å². The zero-order chi connectivity index (χ0) is 16.4. The molecule has 2 aliphatic heterocycles. The van der Waals surface area contributed by atoms with E-state index < -0.39 is 0 Å². The molecule has 0 saturated carbocycles. The molecule has 3 heterocycles. The van der Waals surface area contributed by atoms with E-state index in [0.29, 0.717) is 16.6 Å². The number of pyridine rings is 1. The predicted octanol–water partition coefficient (Wildman–Crippen LogP) is 2.03. The van der Waals surface area contributed by atoms with Crippen molar-refractivity contribution in [1.82, 2.24) is 15.6 Å². The lowest BCUT2D eigenvalue weighted by Crippen LogP contribution is -2.42. The van der Waals surface area contributed by atoms with Gasteiger partial charge in [0.1, 0.15) is 5.54 Å². The fourth-order valence-electron chi connectivity index (χ4n) is 3.27. The summed E-state index contributed by atoms with van der Waals surface area (Å²) in [6.07, 6.45) is 1.80. The molecule has 0 radical (unpaired) electrons. The molecule has 5 nitrogen and oxygen atoms in total. The summed E-state index contributed by atoms with van der Waals surface area (Å²) < 4.78 is 0. The maximum absolute atomic E-state index is 12.4. The Kier molecular flexibility index (Phi) is 4.08. The van der Waals surface area contributed by atoms with Crippen LogP contribution < -0.4 is 10.6 Å². The summed E-state index contributed by atoms with van der Waals surface area (Å²) in [5.41, 5.74) is 1.22. The van der Waals surface area contributed by atoms with Gasteiger partial charge in [-0.2, -0.15) is 0 Å². The van der Waals surface area contributed by atoms with E-state index in [1.165, 1.54) is 0 Å². The molecule has 2 aliphatic rings. The first kappa shape index (κ1) is 15.4. The number of benzene rings is 1. The summed E-state index contributed by atoms with van der Waals surface area (Å²) in [7, 11) is 0.